The van der Waals surface area contributed by atoms with Crippen LogP contribution in [0.3, 0.4) is 0 Å². The summed E-state index contributed by atoms with van der Waals surface area (Å²) in [4.78, 5) is 14.1. The number of sulfone groups is 1. The number of amides is 1. The molecule has 0 radical (unpaired) electrons. The predicted molar refractivity (Wildman–Crippen MR) is 79.2 cm³/mol. The molecule has 2 fully saturated rings. The van der Waals surface area contributed by atoms with Crippen LogP contribution in [0.4, 0.5) is 0 Å². The molecule has 0 N–H and O–H groups in total. The molecule has 2 heterocycles. The molecule has 0 bridgehead atoms. The molecule has 2 saturated heterocycles. The zero-order chi connectivity index (χ0) is 13.7. The van der Waals surface area contributed by atoms with Gasteiger partial charge in [-0.2, -0.15) is 0 Å². The highest BCUT2D eigenvalue weighted by molar-refractivity contribution is 8.02. The second kappa shape index (κ2) is 6.97. The zero-order valence-corrected chi connectivity index (χ0v) is 13.0. The highest BCUT2D eigenvalue weighted by Crippen LogP contribution is 2.24. The van der Waals surface area contributed by atoms with E-state index in [1.807, 2.05) is 4.90 Å². The first-order chi connectivity index (χ1) is 9.07. The molecule has 0 aromatic heterocycles. The van der Waals surface area contributed by atoms with Gasteiger partial charge in [0.2, 0.25) is 5.91 Å². The van der Waals surface area contributed by atoms with E-state index in [4.69, 9.17) is 0 Å². The number of rotatable bonds is 3. The molecular weight excluding hydrogens is 282 g/mol. The van der Waals surface area contributed by atoms with Gasteiger partial charge in [-0.25, -0.2) is 8.42 Å². The molecule has 2 aliphatic heterocycles. The fraction of sp³-hybridized carbons (Fsp3) is 0.923. The molecule has 1 atom stereocenters. The maximum Gasteiger partial charge on any atom is 0.232 e. The number of hydrogen-bond acceptors (Lipinski definition) is 4. The average molecular weight is 305 g/mol. The summed E-state index contributed by atoms with van der Waals surface area (Å²) in [6.45, 7) is 1.75. The number of hydrogen-bond donors (Lipinski definition) is 0. The Morgan fingerprint density at radius 3 is 2.32 bits per heavy atom. The second-order valence-electron chi connectivity index (χ2n) is 5.48. The molecular formula is C13H23NO3S2. The van der Waals surface area contributed by atoms with Gasteiger partial charge in [-0.15, -0.1) is 11.8 Å². The molecule has 19 heavy (non-hydrogen) atoms. The SMILES string of the molecule is O=C(CSC1CCS(=O)(=O)C1)N1CCCCCCC1. The van der Waals surface area contributed by atoms with Gasteiger partial charge in [-0.05, 0) is 19.3 Å². The number of nitrogens with zero attached hydrogens (tertiary/aromatic N) is 1. The van der Waals surface area contributed by atoms with Crippen LogP contribution in [0.25, 0.3) is 0 Å². The van der Waals surface area contributed by atoms with Gasteiger partial charge in [-0.1, -0.05) is 19.3 Å². The van der Waals surface area contributed by atoms with E-state index >= 15 is 0 Å². The lowest BCUT2D eigenvalue weighted by molar-refractivity contribution is -0.128. The Labute approximate surface area is 120 Å². The zero-order valence-electron chi connectivity index (χ0n) is 11.3. The number of likely N-dealkylation sites (tertiary alicyclic amines) is 1. The fourth-order valence-corrected chi connectivity index (χ4v) is 6.21. The Bertz CT molecular complexity index is 400. The first-order valence-electron chi connectivity index (χ1n) is 7.17. The van der Waals surface area contributed by atoms with E-state index in [9.17, 15) is 13.2 Å². The third-order valence-corrected chi connectivity index (χ3v) is 7.11. The van der Waals surface area contributed by atoms with Crippen LogP contribution in [0, 0.1) is 0 Å². The lowest BCUT2D eigenvalue weighted by atomic mass is 10.1. The van der Waals surface area contributed by atoms with Crippen LogP contribution in [-0.2, 0) is 14.6 Å². The summed E-state index contributed by atoms with van der Waals surface area (Å²) in [5, 5.41) is 0.128. The number of carbonyl (C=O) groups is 1. The molecule has 2 rings (SSSR count). The van der Waals surface area contributed by atoms with E-state index in [0.29, 0.717) is 17.9 Å². The number of thioether (sulfide) groups is 1. The summed E-state index contributed by atoms with van der Waals surface area (Å²) < 4.78 is 22.7. The lowest BCUT2D eigenvalue weighted by Crippen LogP contribution is -2.35. The van der Waals surface area contributed by atoms with Crippen molar-refractivity contribution in [3.8, 4) is 0 Å². The van der Waals surface area contributed by atoms with Crippen molar-refractivity contribution in [3.63, 3.8) is 0 Å². The largest absolute Gasteiger partial charge is 0.342 e. The van der Waals surface area contributed by atoms with Gasteiger partial charge >= 0.3 is 0 Å². The Morgan fingerprint density at radius 1 is 1.11 bits per heavy atom. The van der Waals surface area contributed by atoms with E-state index < -0.39 is 9.84 Å². The standard InChI is InChI=1S/C13H23NO3S2/c15-13(14-7-4-2-1-3-5-8-14)10-18-12-6-9-19(16,17)11-12/h12H,1-11H2. The van der Waals surface area contributed by atoms with Crippen molar-refractivity contribution < 1.29 is 13.2 Å². The van der Waals surface area contributed by atoms with Crippen LogP contribution < -0.4 is 0 Å². The normalized spacial score (nSPS) is 27.8. The van der Waals surface area contributed by atoms with Gasteiger partial charge in [0.1, 0.15) is 0 Å². The van der Waals surface area contributed by atoms with Crippen molar-refractivity contribution >= 4 is 27.5 Å². The summed E-state index contributed by atoms with van der Waals surface area (Å²) in [6.07, 6.45) is 6.65. The van der Waals surface area contributed by atoms with Gasteiger partial charge in [0.25, 0.3) is 0 Å². The van der Waals surface area contributed by atoms with E-state index in [2.05, 4.69) is 0 Å². The van der Waals surface area contributed by atoms with Crippen LogP contribution in [0.5, 0.6) is 0 Å². The van der Waals surface area contributed by atoms with Crippen LogP contribution in [-0.4, -0.2) is 54.8 Å². The summed E-state index contributed by atoms with van der Waals surface area (Å²) in [5.41, 5.74) is 0. The quantitative estimate of drug-likeness (QED) is 0.796. The number of carbonyl (C=O) groups excluding carboxylic acids is 1. The van der Waals surface area contributed by atoms with Crippen molar-refractivity contribution in [2.45, 2.75) is 43.8 Å². The fourth-order valence-electron chi connectivity index (χ4n) is 2.67. The van der Waals surface area contributed by atoms with E-state index in [1.54, 1.807) is 0 Å². The Morgan fingerprint density at radius 2 is 1.74 bits per heavy atom. The maximum absolute atomic E-state index is 12.1. The van der Waals surface area contributed by atoms with Crippen molar-refractivity contribution in [2.75, 3.05) is 30.3 Å². The van der Waals surface area contributed by atoms with E-state index in [1.165, 1.54) is 31.0 Å². The van der Waals surface area contributed by atoms with Crippen LogP contribution in [0.1, 0.15) is 38.5 Å². The van der Waals surface area contributed by atoms with Crippen molar-refractivity contribution in [2.24, 2.45) is 0 Å². The molecule has 4 nitrogen and oxygen atoms in total. The van der Waals surface area contributed by atoms with Crippen molar-refractivity contribution in [3.05, 3.63) is 0 Å². The van der Waals surface area contributed by atoms with Crippen molar-refractivity contribution in [1.29, 1.82) is 0 Å². The van der Waals surface area contributed by atoms with Gasteiger partial charge in [-0.3, -0.25) is 4.79 Å². The molecule has 0 saturated carbocycles. The second-order valence-corrected chi connectivity index (χ2v) is 9.00. The third kappa shape index (κ3) is 4.99. The van der Waals surface area contributed by atoms with Gasteiger partial charge in [0.15, 0.2) is 9.84 Å². The molecule has 0 aromatic carbocycles. The monoisotopic (exact) mass is 305 g/mol. The molecule has 1 unspecified atom stereocenters. The van der Waals surface area contributed by atoms with E-state index in [0.717, 1.165) is 25.9 Å². The minimum Gasteiger partial charge on any atom is -0.342 e. The van der Waals surface area contributed by atoms with Crippen LogP contribution in [0.2, 0.25) is 0 Å². The van der Waals surface area contributed by atoms with E-state index in [-0.39, 0.29) is 16.9 Å². The minimum atomic E-state index is -2.82. The summed E-state index contributed by atoms with van der Waals surface area (Å²) in [6, 6.07) is 0. The molecule has 0 aromatic rings. The Balaban J connectivity index is 1.74. The van der Waals surface area contributed by atoms with Crippen LogP contribution in [0.15, 0.2) is 0 Å². The maximum atomic E-state index is 12.1. The molecule has 0 spiro atoms. The minimum absolute atomic E-state index is 0.128. The topological polar surface area (TPSA) is 54.5 Å². The Kier molecular flexibility index (Phi) is 5.57. The molecule has 6 heteroatoms. The first kappa shape index (κ1) is 15.2. The van der Waals surface area contributed by atoms with Gasteiger partial charge < -0.3 is 4.90 Å². The molecule has 110 valence electrons. The van der Waals surface area contributed by atoms with Gasteiger partial charge in [0.05, 0.1) is 17.3 Å². The summed E-state index contributed by atoms with van der Waals surface area (Å²) in [5.74, 6) is 1.18. The highest BCUT2D eigenvalue weighted by Gasteiger charge is 2.29. The third-order valence-electron chi connectivity index (χ3n) is 3.84. The Hall–Kier alpha value is -0.230. The summed E-state index contributed by atoms with van der Waals surface area (Å²) in [7, 11) is -2.82. The van der Waals surface area contributed by atoms with Crippen LogP contribution >= 0.6 is 11.8 Å². The predicted octanol–water partition coefficient (Wildman–Crippen LogP) is 1.70. The van der Waals surface area contributed by atoms with Gasteiger partial charge in [0, 0.05) is 18.3 Å². The first-order valence-corrected chi connectivity index (χ1v) is 10.0. The lowest BCUT2D eigenvalue weighted by Gasteiger charge is -2.25. The molecule has 1 amide bonds. The molecule has 2 aliphatic rings. The summed E-state index contributed by atoms with van der Waals surface area (Å²) >= 11 is 1.53. The molecule has 0 aliphatic carbocycles. The smallest absolute Gasteiger partial charge is 0.232 e. The van der Waals surface area contributed by atoms with Crippen molar-refractivity contribution in [1.82, 2.24) is 4.90 Å². The average Bonchev–Trinajstić information content (AvgIpc) is 2.65. The highest BCUT2D eigenvalue weighted by atomic mass is 32.2.